The summed E-state index contributed by atoms with van der Waals surface area (Å²) in [7, 11) is 0. The van der Waals surface area contributed by atoms with Crippen LogP contribution in [0.25, 0.3) is 0 Å². The van der Waals surface area contributed by atoms with E-state index in [2.05, 4.69) is 26.7 Å². The largest absolute Gasteiger partial charge is 0.411 e. The van der Waals surface area contributed by atoms with E-state index < -0.39 is 12.8 Å². The van der Waals surface area contributed by atoms with Crippen molar-refractivity contribution in [2.75, 3.05) is 17.2 Å². The van der Waals surface area contributed by atoms with Crippen molar-refractivity contribution in [3.05, 3.63) is 11.8 Å². The average Bonchev–Trinajstić information content (AvgIpc) is 2.91. The van der Waals surface area contributed by atoms with Crippen LogP contribution in [-0.2, 0) is 4.74 Å². The zero-order valence-electron chi connectivity index (χ0n) is 16.8. The number of hydrogen-bond donors (Lipinski definition) is 3. The van der Waals surface area contributed by atoms with Crippen LogP contribution in [0.5, 0.6) is 0 Å². The van der Waals surface area contributed by atoms with Crippen molar-refractivity contribution in [2.24, 2.45) is 0 Å². The number of nitrogens with one attached hydrogen (secondary N) is 2. The predicted octanol–water partition coefficient (Wildman–Crippen LogP) is 3.76. The molecule has 0 bridgehead atoms. The molecule has 0 unspecified atom stereocenters. The Bertz CT molecular complexity index is 732. The molecule has 0 radical (unpaired) electrons. The number of anilines is 2. The molecular formula is C20H28F3N5O2. The van der Waals surface area contributed by atoms with Gasteiger partial charge in [-0.25, -0.2) is 4.98 Å². The summed E-state index contributed by atoms with van der Waals surface area (Å²) >= 11 is 0. The molecule has 0 aliphatic heterocycles. The summed E-state index contributed by atoms with van der Waals surface area (Å²) in [4.78, 5) is 8.66. The Morgan fingerprint density at radius 1 is 1.10 bits per heavy atom. The molecule has 0 amide bonds. The summed E-state index contributed by atoms with van der Waals surface area (Å²) in [6.07, 6.45) is 3.09. The number of rotatable bonds is 6. The van der Waals surface area contributed by atoms with E-state index >= 15 is 0 Å². The molecule has 7 nitrogen and oxygen atoms in total. The smallest absolute Gasteiger partial charge is 0.393 e. The topological polar surface area (TPSA) is 103 Å². The van der Waals surface area contributed by atoms with Gasteiger partial charge in [0.05, 0.1) is 18.4 Å². The number of aromatic nitrogens is 2. The van der Waals surface area contributed by atoms with Gasteiger partial charge in [-0.05, 0) is 44.9 Å². The monoisotopic (exact) mass is 427 g/mol. The van der Waals surface area contributed by atoms with E-state index in [4.69, 9.17) is 4.74 Å². The summed E-state index contributed by atoms with van der Waals surface area (Å²) in [5.74, 6) is 0.821. The van der Waals surface area contributed by atoms with Crippen LogP contribution < -0.4 is 10.6 Å². The van der Waals surface area contributed by atoms with Gasteiger partial charge in [0.25, 0.3) is 0 Å². The van der Waals surface area contributed by atoms with Gasteiger partial charge in [-0.3, -0.25) is 0 Å². The minimum Gasteiger partial charge on any atom is -0.393 e. The average molecular weight is 427 g/mol. The number of nitrogens with zero attached hydrogens (tertiary/aromatic N) is 3. The van der Waals surface area contributed by atoms with Crippen molar-refractivity contribution in [3.63, 3.8) is 0 Å². The van der Waals surface area contributed by atoms with E-state index in [1.165, 1.54) is 6.20 Å². The highest BCUT2D eigenvalue weighted by atomic mass is 19.4. The highest BCUT2D eigenvalue weighted by molar-refractivity contribution is 5.54. The van der Waals surface area contributed by atoms with Crippen molar-refractivity contribution < 1.29 is 23.0 Å². The first-order chi connectivity index (χ1) is 14.3. The number of nitriles is 1. The van der Waals surface area contributed by atoms with Crippen LogP contribution in [0, 0.1) is 11.3 Å². The minimum absolute atomic E-state index is 0.0382. The van der Waals surface area contributed by atoms with Gasteiger partial charge in [0.1, 0.15) is 24.1 Å². The molecule has 1 aromatic heterocycles. The Kier molecular flexibility index (Phi) is 7.72. The highest BCUT2D eigenvalue weighted by Crippen LogP contribution is 2.27. The molecule has 166 valence electrons. The van der Waals surface area contributed by atoms with Crippen LogP contribution >= 0.6 is 0 Å². The van der Waals surface area contributed by atoms with Crippen LogP contribution in [0.15, 0.2) is 6.20 Å². The molecule has 0 aromatic carbocycles. The lowest BCUT2D eigenvalue weighted by molar-refractivity contribution is -0.187. The normalized spacial score (nSPS) is 27.7. The fourth-order valence-corrected chi connectivity index (χ4v) is 4.07. The van der Waals surface area contributed by atoms with Crippen molar-refractivity contribution in [2.45, 2.75) is 88.3 Å². The molecule has 10 heteroatoms. The molecule has 0 spiro atoms. The third-order valence-corrected chi connectivity index (χ3v) is 5.64. The maximum atomic E-state index is 12.3. The zero-order chi connectivity index (χ0) is 21.6. The Hall–Kier alpha value is -2.12. The second-order valence-corrected chi connectivity index (χ2v) is 8.13. The Morgan fingerprint density at radius 2 is 1.83 bits per heavy atom. The Labute approximate surface area is 174 Å². The number of aliphatic hydroxyl groups is 1. The Balaban J connectivity index is 1.55. The van der Waals surface area contributed by atoms with Crippen LogP contribution in [0.4, 0.5) is 24.9 Å². The molecule has 2 fully saturated rings. The minimum atomic E-state index is -4.30. The molecule has 2 atom stereocenters. The van der Waals surface area contributed by atoms with Crippen LogP contribution in [0.2, 0.25) is 0 Å². The fraction of sp³-hybridized carbons (Fsp3) is 0.750. The molecule has 1 heterocycles. The van der Waals surface area contributed by atoms with Gasteiger partial charge in [-0.2, -0.15) is 23.4 Å². The summed E-state index contributed by atoms with van der Waals surface area (Å²) in [6.45, 7) is -1.21. The SMILES string of the molecule is N#Cc1cnc(N[C@H]2CC[C@H](OCC(F)(F)F)CC2)nc1N[C@@H]1CCCC[C@H](O)C1. The van der Waals surface area contributed by atoms with Gasteiger partial charge < -0.3 is 20.5 Å². The quantitative estimate of drug-likeness (QED) is 0.594. The van der Waals surface area contributed by atoms with Crippen molar-refractivity contribution in [1.82, 2.24) is 9.97 Å². The van der Waals surface area contributed by atoms with Gasteiger partial charge in [0.15, 0.2) is 0 Å². The third-order valence-electron chi connectivity index (χ3n) is 5.64. The third kappa shape index (κ3) is 6.99. The second kappa shape index (κ2) is 10.3. The van der Waals surface area contributed by atoms with E-state index in [0.717, 1.165) is 25.7 Å². The van der Waals surface area contributed by atoms with Crippen LogP contribution in [0.1, 0.15) is 63.4 Å². The molecule has 3 rings (SSSR count). The first-order valence-electron chi connectivity index (χ1n) is 10.5. The maximum Gasteiger partial charge on any atom is 0.411 e. The number of hydrogen-bond acceptors (Lipinski definition) is 7. The van der Waals surface area contributed by atoms with Gasteiger partial charge in [0.2, 0.25) is 5.95 Å². The summed E-state index contributed by atoms with van der Waals surface area (Å²) in [5.41, 5.74) is 0.337. The summed E-state index contributed by atoms with van der Waals surface area (Å²) in [6, 6.07) is 2.17. The van der Waals surface area contributed by atoms with Gasteiger partial charge >= 0.3 is 6.18 Å². The molecule has 0 saturated heterocycles. The molecule has 30 heavy (non-hydrogen) atoms. The first kappa shape index (κ1) is 22.6. The van der Waals surface area contributed by atoms with E-state index in [1.807, 2.05) is 0 Å². The van der Waals surface area contributed by atoms with E-state index in [0.29, 0.717) is 49.4 Å². The summed E-state index contributed by atoms with van der Waals surface area (Å²) < 4.78 is 41.8. The van der Waals surface area contributed by atoms with E-state index in [9.17, 15) is 23.5 Å². The molecular weight excluding hydrogens is 399 g/mol. The first-order valence-corrected chi connectivity index (χ1v) is 10.5. The molecule has 3 N–H and O–H groups in total. The standard InChI is InChI=1S/C20H28F3N5O2/c21-20(22,23)12-30-17-7-5-14(6-8-17)27-19-25-11-13(10-24)18(28-19)26-15-3-1-2-4-16(29)9-15/h11,14-17,29H,1-9,12H2,(H2,25,26,27,28)/t14-,15-,16+,17-/m1/s1. The lowest BCUT2D eigenvalue weighted by Gasteiger charge is -2.29. The van der Waals surface area contributed by atoms with Crippen LogP contribution in [-0.4, -0.2) is 52.1 Å². The number of aliphatic hydroxyl groups excluding tert-OH is 1. The van der Waals surface area contributed by atoms with Gasteiger partial charge in [-0.1, -0.05) is 12.8 Å². The molecule has 2 saturated carbocycles. The van der Waals surface area contributed by atoms with E-state index in [-0.39, 0.29) is 24.3 Å². The zero-order valence-corrected chi connectivity index (χ0v) is 16.8. The second-order valence-electron chi connectivity index (χ2n) is 8.13. The molecule has 1 aromatic rings. The molecule has 2 aliphatic carbocycles. The van der Waals surface area contributed by atoms with Gasteiger partial charge in [0, 0.05) is 12.1 Å². The van der Waals surface area contributed by atoms with Crippen molar-refractivity contribution in [1.29, 1.82) is 5.26 Å². The lowest BCUT2D eigenvalue weighted by Crippen LogP contribution is -2.32. The Morgan fingerprint density at radius 3 is 2.53 bits per heavy atom. The molecule has 2 aliphatic rings. The number of ether oxygens (including phenoxy) is 1. The summed E-state index contributed by atoms with van der Waals surface area (Å²) in [5, 5.41) is 25.9. The fourth-order valence-electron chi connectivity index (χ4n) is 4.07. The van der Waals surface area contributed by atoms with Crippen LogP contribution in [0.3, 0.4) is 0 Å². The lowest BCUT2D eigenvalue weighted by atomic mass is 9.93. The van der Waals surface area contributed by atoms with Crippen molar-refractivity contribution in [3.8, 4) is 6.07 Å². The van der Waals surface area contributed by atoms with E-state index in [1.54, 1.807) is 0 Å². The predicted molar refractivity (Wildman–Crippen MR) is 105 cm³/mol. The number of alkyl halides is 3. The maximum absolute atomic E-state index is 12.3. The highest BCUT2D eigenvalue weighted by Gasteiger charge is 2.31. The number of halogens is 3. The van der Waals surface area contributed by atoms with Gasteiger partial charge in [-0.15, -0.1) is 0 Å². The van der Waals surface area contributed by atoms with Crippen molar-refractivity contribution >= 4 is 11.8 Å².